The van der Waals surface area contributed by atoms with Gasteiger partial charge >= 0.3 is 0 Å². The van der Waals surface area contributed by atoms with E-state index in [1.807, 2.05) is 13.8 Å². The van der Waals surface area contributed by atoms with E-state index in [2.05, 4.69) is 0 Å². The number of nitrogens with zero attached hydrogens (tertiary/aromatic N) is 1. The van der Waals surface area contributed by atoms with E-state index in [-0.39, 0.29) is 11.8 Å². The average Bonchev–Trinajstić information content (AvgIpc) is 2.29. The molecule has 0 aliphatic rings. The second-order valence-electron chi connectivity index (χ2n) is 3.72. The molecule has 1 rings (SSSR count). The third-order valence-electron chi connectivity index (χ3n) is 2.43. The van der Waals surface area contributed by atoms with Crippen LogP contribution in [-0.2, 0) is 11.2 Å². The van der Waals surface area contributed by atoms with Gasteiger partial charge in [0.25, 0.3) is 5.69 Å². The molecule has 5 nitrogen and oxygen atoms in total. The fourth-order valence-electron chi connectivity index (χ4n) is 1.69. The maximum Gasteiger partial charge on any atom is 0.269 e. The zero-order valence-electron chi connectivity index (χ0n) is 10.3. The first-order chi connectivity index (χ1) is 8.08. The van der Waals surface area contributed by atoms with Crippen molar-refractivity contribution in [2.75, 3.05) is 13.7 Å². The van der Waals surface area contributed by atoms with Crippen molar-refractivity contribution in [2.45, 2.75) is 26.4 Å². The Bertz CT molecular complexity index is 392. The third-order valence-corrected chi connectivity index (χ3v) is 2.43. The lowest BCUT2D eigenvalue weighted by Gasteiger charge is -2.13. The van der Waals surface area contributed by atoms with Crippen LogP contribution in [0.15, 0.2) is 18.2 Å². The first-order valence-electron chi connectivity index (χ1n) is 5.51. The zero-order chi connectivity index (χ0) is 12.8. The molecule has 17 heavy (non-hydrogen) atoms. The van der Waals surface area contributed by atoms with Gasteiger partial charge in [0.15, 0.2) is 0 Å². The summed E-state index contributed by atoms with van der Waals surface area (Å²) in [4.78, 5) is 10.3. The van der Waals surface area contributed by atoms with Crippen LogP contribution >= 0.6 is 0 Å². The second-order valence-corrected chi connectivity index (χ2v) is 3.72. The van der Waals surface area contributed by atoms with Crippen molar-refractivity contribution in [3.8, 4) is 5.75 Å². The van der Waals surface area contributed by atoms with E-state index >= 15 is 0 Å². The van der Waals surface area contributed by atoms with Crippen molar-refractivity contribution < 1.29 is 14.4 Å². The molecule has 0 N–H and O–H groups in total. The molecule has 0 fully saturated rings. The van der Waals surface area contributed by atoms with Crippen molar-refractivity contribution >= 4 is 5.69 Å². The molecule has 0 saturated heterocycles. The first-order valence-corrected chi connectivity index (χ1v) is 5.51. The van der Waals surface area contributed by atoms with Crippen LogP contribution in [-0.4, -0.2) is 24.7 Å². The summed E-state index contributed by atoms with van der Waals surface area (Å²) in [6, 6.07) is 4.59. The Hall–Kier alpha value is -1.62. The number of nitro groups is 1. The lowest BCUT2D eigenvalue weighted by Crippen LogP contribution is -2.12. The molecule has 1 unspecified atom stereocenters. The minimum absolute atomic E-state index is 0.0101. The van der Waals surface area contributed by atoms with Gasteiger partial charge in [0.1, 0.15) is 5.75 Å². The van der Waals surface area contributed by atoms with Crippen LogP contribution in [0, 0.1) is 10.1 Å². The van der Waals surface area contributed by atoms with E-state index in [4.69, 9.17) is 9.47 Å². The van der Waals surface area contributed by atoms with E-state index < -0.39 is 4.92 Å². The molecule has 0 bridgehead atoms. The summed E-state index contributed by atoms with van der Waals surface area (Å²) >= 11 is 0. The predicted octanol–water partition coefficient (Wildman–Crippen LogP) is 2.57. The lowest BCUT2D eigenvalue weighted by atomic mass is 10.1. The maximum absolute atomic E-state index is 10.7. The maximum atomic E-state index is 10.7. The lowest BCUT2D eigenvalue weighted by molar-refractivity contribution is -0.384. The smallest absolute Gasteiger partial charge is 0.269 e. The van der Waals surface area contributed by atoms with Crippen LogP contribution < -0.4 is 4.74 Å². The van der Waals surface area contributed by atoms with E-state index in [0.29, 0.717) is 18.8 Å². The number of methoxy groups -OCH3 is 1. The highest BCUT2D eigenvalue weighted by atomic mass is 16.6. The summed E-state index contributed by atoms with van der Waals surface area (Å²) in [5.41, 5.74) is 0.868. The summed E-state index contributed by atoms with van der Waals surface area (Å²) in [5, 5.41) is 10.7. The Morgan fingerprint density at radius 2 is 2.18 bits per heavy atom. The van der Waals surface area contributed by atoms with Crippen LogP contribution in [0.1, 0.15) is 19.4 Å². The molecule has 1 atom stereocenters. The highest BCUT2D eigenvalue weighted by Crippen LogP contribution is 2.25. The molecule has 0 amide bonds. The second kappa shape index (κ2) is 6.20. The van der Waals surface area contributed by atoms with Gasteiger partial charge in [0.05, 0.1) is 18.1 Å². The Balaban J connectivity index is 2.93. The molecule has 5 heteroatoms. The average molecular weight is 239 g/mol. The number of hydrogen-bond acceptors (Lipinski definition) is 4. The van der Waals surface area contributed by atoms with Crippen LogP contribution in [0.5, 0.6) is 5.75 Å². The third kappa shape index (κ3) is 3.71. The molecule has 0 aliphatic heterocycles. The summed E-state index contributed by atoms with van der Waals surface area (Å²) in [7, 11) is 1.55. The van der Waals surface area contributed by atoms with Crippen LogP contribution in [0.3, 0.4) is 0 Å². The fourth-order valence-corrected chi connectivity index (χ4v) is 1.69. The molecule has 1 aromatic rings. The SMILES string of the molecule is CCOC(C)Cc1cc([N+](=O)[O-])ccc1OC. The molecule has 0 saturated carbocycles. The highest BCUT2D eigenvalue weighted by molar-refractivity contribution is 5.44. The molecular weight excluding hydrogens is 222 g/mol. The standard InChI is InChI=1S/C12H17NO4/c1-4-17-9(2)7-10-8-11(13(14)15)5-6-12(10)16-3/h5-6,8-9H,4,7H2,1-3H3. The molecule has 0 spiro atoms. The van der Waals surface area contributed by atoms with Gasteiger partial charge in [-0.25, -0.2) is 0 Å². The number of nitro benzene ring substituents is 1. The Morgan fingerprint density at radius 1 is 1.47 bits per heavy atom. The van der Waals surface area contributed by atoms with Gasteiger partial charge in [0.2, 0.25) is 0 Å². The predicted molar refractivity (Wildman–Crippen MR) is 64.4 cm³/mol. The molecule has 0 heterocycles. The molecule has 0 radical (unpaired) electrons. The Morgan fingerprint density at radius 3 is 2.71 bits per heavy atom. The number of rotatable bonds is 6. The van der Waals surface area contributed by atoms with Gasteiger partial charge in [-0.1, -0.05) is 0 Å². The van der Waals surface area contributed by atoms with E-state index in [9.17, 15) is 10.1 Å². The van der Waals surface area contributed by atoms with Crippen LogP contribution in [0.25, 0.3) is 0 Å². The Labute approximate surface area is 101 Å². The van der Waals surface area contributed by atoms with Crippen molar-refractivity contribution in [1.82, 2.24) is 0 Å². The van der Waals surface area contributed by atoms with E-state index in [0.717, 1.165) is 5.56 Å². The minimum Gasteiger partial charge on any atom is -0.496 e. The normalized spacial score (nSPS) is 12.2. The van der Waals surface area contributed by atoms with E-state index in [1.165, 1.54) is 12.1 Å². The first kappa shape index (κ1) is 13.4. The van der Waals surface area contributed by atoms with Gasteiger partial charge in [-0.05, 0) is 19.9 Å². The summed E-state index contributed by atoms with van der Waals surface area (Å²) < 4.78 is 10.6. The van der Waals surface area contributed by atoms with Crippen LogP contribution in [0.4, 0.5) is 5.69 Å². The van der Waals surface area contributed by atoms with Crippen molar-refractivity contribution in [3.05, 3.63) is 33.9 Å². The number of non-ortho nitro benzene ring substituents is 1. The summed E-state index contributed by atoms with van der Waals surface area (Å²) in [6.07, 6.45) is 0.606. The zero-order valence-corrected chi connectivity index (χ0v) is 10.3. The largest absolute Gasteiger partial charge is 0.496 e. The number of hydrogen-bond donors (Lipinski definition) is 0. The van der Waals surface area contributed by atoms with Crippen molar-refractivity contribution in [3.63, 3.8) is 0 Å². The van der Waals surface area contributed by atoms with Crippen molar-refractivity contribution in [2.24, 2.45) is 0 Å². The molecule has 0 aliphatic carbocycles. The Kier molecular flexibility index (Phi) is 4.90. The van der Waals surface area contributed by atoms with E-state index in [1.54, 1.807) is 13.2 Å². The molecule has 0 aromatic heterocycles. The minimum atomic E-state index is -0.408. The fraction of sp³-hybridized carbons (Fsp3) is 0.500. The van der Waals surface area contributed by atoms with Gasteiger partial charge < -0.3 is 9.47 Å². The van der Waals surface area contributed by atoms with Gasteiger partial charge in [-0.2, -0.15) is 0 Å². The topological polar surface area (TPSA) is 61.6 Å². The van der Waals surface area contributed by atoms with Crippen molar-refractivity contribution in [1.29, 1.82) is 0 Å². The highest BCUT2D eigenvalue weighted by Gasteiger charge is 2.13. The monoisotopic (exact) mass is 239 g/mol. The molecule has 94 valence electrons. The quantitative estimate of drug-likeness (QED) is 0.565. The molecular formula is C12H17NO4. The summed E-state index contributed by atoms with van der Waals surface area (Å²) in [6.45, 7) is 4.47. The molecule has 1 aromatic carbocycles. The van der Waals surface area contributed by atoms with Gasteiger partial charge in [0, 0.05) is 30.7 Å². The summed E-state index contributed by atoms with van der Waals surface area (Å²) in [5.74, 6) is 0.655. The number of ether oxygens (including phenoxy) is 2. The van der Waals surface area contributed by atoms with Gasteiger partial charge in [-0.3, -0.25) is 10.1 Å². The van der Waals surface area contributed by atoms with Gasteiger partial charge in [-0.15, -0.1) is 0 Å². The van der Waals surface area contributed by atoms with Crippen LogP contribution in [0.2, 0.25) is 0 Å². The number of benzene rings is 1.